The van der Waals surface area contributed by atoms with E-state index in [4.69, 9.17) is 14.2 Å². The molecule has 0 radical (unpaired) electrons. The predicted octanol–water partition coefficient (Wildman–Crippen LogP) is 3.68. The Kier molecular flexibility index (Phi) is 4.36. The molecule has 2 aromatic heterocycles. The number of nitrogens with zero attached hydrogens (tertiary/aromatic N) is 4. The average Bonchev–Trinajstić information content (AvgIpc) is 3.27. The molecule has 2 aromatic carbocycles. The molecule has 0 N–H and O–H groups in total. The molecule has 0 aliphatic rings. The summed E-state index contributed by atoms with van der Waals surface area (Å²) in [7, 11) is 4.62. The van der Waals surface area contributed by atoms with Gasteiger partial charge in [0.05, 0.1) is 21.3 Å². The van der Waals surface area contributed by atoms with Crippen LogP contribution in [0, 0.1) is 5.82 Å². The van der Waals surface area contributed by atoms with Crippen molar-refractivity contribution in [3.8, 4) is 39.2 Å². The van der Waals surface area contributed by atoms with Crippen molar-refractivity contribution in [3.63, 3.8) is 0 Å². The van der Waals surface area contributed by atoms with Gasteiger partial charge in [-0.1, -0.05) is 23.5 Å². The Morgan fingerprint density at radius 1 is 0.963 bits per heavy atom. The van der Waals surface area contributed by atoms with Crippen LogP contribution < -0.4 is 14.2 Å². The van der Waals surface area contributed by atoms with E-state index in [0.717, 1.165) is 0 Å². The van der Waals surface area contributed by atoms with Crippen molar-refractivity contribution >= 4 is 16.3 Å². The Morgan fingerprint density at radius 3 is 2.30 bits per heavy atom. The quantitative estimate of drug-likeness (QED) is 0.521. The third-order valence-electron chi connectivity index (χ3n) is 4.02. The van der Waals surface area contributed by atoms with E-state index in [1.807, 2.05) is 0 Å². The summed E-state index contributed by atoms with van der Waals surface area (Å²) in [5, 5.41) is 13.4. The van der Waals surface area contributed by atoms with Crippen molar-refractivity contribution in [2.45, 2.75) is 0 Å². The number of hydrogen-bond acceptors (Lipinski definition) is 7. The molecule has 0 fully saturated rings. The molecule has 0 aliphatic heterocycles. The van der Waals surface area contributed by atoms with Gasteiger partial charge in [0, 0.05) is 11.1 Å². The van der Waals surface area contributed by atoms with Gasteiger partial charge >= 0.3 is 0 Å². The van der Waals surface area contributed by atoms with Crippen LogP contribution in [0.15, 0.2) is 36.4 Å². The van der Waals surface area contributed by atoms with Crippen LogP contribution in [0.25, 0.3) is 26.9 Å². The van der Waals surface area contributed by atoms with Gasteiger partial charge in [0.25, 0.3) is 0 Å². The molecule has 0 saturated carbocycles. The topological polar surface area (TPSA) is 70.8 Å². The van der Waals surface area contributed by atoms with Crippen LogP contribution in [0.5, 0.6) is 17.2 Å². The maximum atomic E-state index is 14.1. The first kappa shape index (κ1) is 17.2. The number of benzene rings is 2. The van der Waals surface area contributed by atoms with Crippen LogP contribution in [0.4, 0.5) is 4.39 Å². The van der Waals surface area contributed by atoms with E-state index in [2.05, 4.69) is 15.3 Å². The van der Waals surface area contributed by atoms with Crippen molar-refractivity contribution < 1.29 is 18.6 Å². The molecule has 7 nitrogen and oxygen atoms in total. The van der Waals surface area contributed by atoms with Crippen molar-refractivity contribution in [2.75, 3.05) is 21.3 Å². The fraction of sp³-hybridized carbons (Fsp3) is 0.167. The van der Waals surface area contributed by atoms with Crippen LogP contribution >= 0.6 is 11.3 Å². The van der Waals surface area contributed by atoms with Crippen LogP contribution in [0.1, 0.15) is 0 Å². The minimum absolute atomic E-state index is 0.336. The van der Waals surface area contributed by atoms with E-state index in [1.54, 1.807) is 49.1 Å². The molecule has 0 saturated heterocycles. The SMILES string of the molecule is COc1cc(-c2nnc3sc(-c4ccccc4F)nn23)cc(OC)c1OC. The summed E-state index contributed by atoms with van der Waals surface area (Å²) < 4.78 is 31.8. The molecule has 4 rings (SSSR count). The Morgan fingerprint density at radius 2 is 1.67 bits per heavy atom. The molecule has 0 spiro atoms. The van der Waals surface area contributed by atoms with Crippen molar-refractivity contribution in [3.05, 3.63) is 42.2 Å². The number of fused-ring (bicyclic) bond motifs is 1. The minimum Gasteiger partial charge on any atom is -0.493 e. The maximum absolute atomic E-state index is 14.1. The summed E-state index contributed by atoms with van der Waals surface area (Å²) in [6.45, 7) is 0. The maximum Gasteiger partial charge on any atom is 0.235 e. The number of rotatable bonds is 5. The van der Waals surface area contributed by atoms with Crippen molar-refractivity contribution in [2.24, 2.45) is 0 Å². The summed E-state index contributed by atoms with van der Waals surface area (Å²) in [6.07, 6.45) is 0. The molecule has 27 heavy (non-hydrogen) atoms. The fourth-order valence-electron chi connectivity index (χ4n) is 2.75. The van der Waals surface area contributed by atoms with Gasteiger partial charge < -0.3 is 14.2 Å². The predicted molar refractivity (Wildman–Crippen MR) is 99.1 cm³/mol. The third kappa shape index (κ3) is 2.85. The first-order valence-corrected chi connectivity index (χ1v) is 8.75. The van der Waals surface area contributed by atoms with E-state index in [0.29, 0.717) is 44.2 Å². The van der Waals surface area contributed by atoms with Crippen LogP contribution in [0.2, 0.25) is 0 Å². The molecule has 0 aliphatic carbocycles. The van der Waals surface area contributed by atoms with Gasteiger partial charge in [-0.25, -0.2) is 4.39 Å². The lowest BCUT2D eigenvalue weighted by Gasteiger charge is -2.13. The van der Waals surface area contributed by atoms with E-state index >= 15 is 0 Å². The summed E-state index contributed by atoms with van der Waals surface area (Å²) in [4.78, 5) is 0.553. The number of halogens is 1. The second-order valence-electron chi connectivity index (χ2n) is 5.52. The lowest BCUT2D eigenvalue weighted by Crippen LogP contribution is -1.97. The molecular formula is C18H15FN4O3S. The van der Waals surface area contributed by atoms with Gasteiger partial charge in [-0.3, -0.25) is 0 Å². The number of hydrogen-bond donors (Lipinski definition) is 0. The summed E-state index contributed by atoms with van der Waals surface area (Å²) in [5.74, 6) is 1.62. The molecule has 0 atom stereocenters. The molecule has 0 amide bonds. The van der Waals surface area contributed by atoms with Gasteiger partial charge in [0.2, 0.25) is 10.7 Å². The molecule has 4 aromatic rings. The lowest BCUT2D eigenvalue weighted by molar-refractivity contribution is 0.324. The van der Waals surface area contributed by atoms with E-state index in [9.17, 15) is 4.39 Å². The smallest absolute Gasteiger partial charge is 0.235 e. The van der Waals surface area contributed by atoms with Crippen LogP contribution in [0.3, 0.4) is 0 Å². The first-order chi connectivity index (χ1) is 13.2. The van der Waals surface area contributed by atoms with Crippen molar-refractivity contribution in [1.82, 2.24) is 19.8 Å². The first-order valence-electron chi connectivity index (χ1n) is 7.93. The molecule has 0 unspecified atom stereocenters. The molecular weight excluding hydrogens is 371 g/mol. The van der Waals surface area contributed by atoms with Gasteiger partial charge in [0.15, 0.2) is 22.3 Å². The largest absolute Gasteiger partial charge is 0.493 e. The number of methoxy groups -OCH3 is 3. The highest BCUT2D eigenvalue weighted by Crippen LogP contribution is 2.41. The third-order valence-corrected chi connectivity index (χ3v) is 4.95. The highest BCUT2D eigenvalue weighted by atomic mass is 32.1. The fourth-order valence-corrected chi connectivity index (χ4v) is 3.62. The minimum atomic E-state index is -0.336. The normalized spacial score (nSPS) is 11.0. The van der Waals surface area contributed by atoms with Crippen molar-refractivity contribution in [1.29, 1.82) is 0 Å². The second kappa shape index (κ2) is 6.84. The zero-order chi connectivity index (χ0) is 19.0. The van der Waals surface area contributed by atoms with Crippen LogP contribution in [-0.2, 0) is 0 Å². The number of ether oxygens (including phenoxy) is 3. The Hall–Kier alpha value is -3.20. The highest BCUT2D eigenvalue weighted by Gasteiger charge is 2.20. The van der Waals surface area contributed by atoms with E-state index < -0.39 is 0 Å². The Balaban J connectivity index is 1.87. The monoisotopic (exact) mass is 386 g/mol. The van der Waals surface area contributed by atoms with E-state index in [1.165, 1.54) is 24.5 Å². The molecule has 0 bridgehead atoms. The number of aromatic nitrogens is 4. The van der Waals surface area contributed by atoms with Gasteiger partial charge in [0.1, 0.15) is 5.82 Å². The van der Waals surface area contributed by atoms with Gasteiger partial charge in [-0.15, -0.1) is 10.2 Å². The summed E-state index contributed by atoms with van der Waals surface area (Å²) >= 11 is 1.26. The molecule has 138 valence electrons. The van der Waals surface area contributed by atoms with Crippen LogP contribution in [-0.4, -0.2) is 41.1 Å². The zero-order valence-corrected chi connectivity index (χ0v) is 15.6. The lowest BCUT2D eigenvalue weighted by atomic mass is 10.1. The summed E-state index contributed by atoms with van der Waals surface area (Å²) in [6, 6.07) is 10.0. The van der Waals surface area contributed by atoms with Gasteiger partial charge in [-0.2, -0.15) is 9.61 Å². The second-order valence-corrected chi connectivity index (χ2v) is 6.48. The standard InChI is InChI=1S/C18H15FN4O3S/c1-24-13-8-10(9-14(25-2)15(13)26-3)16-20-21-18-23(16)22-17(27-18)11-6-4-5-7-12(11)19/h4-9H,1-3H3. The Bertz CT molecular complexity index is 1100. The Labute approximate surface area is 158 Å². The van der Waals surface area contributed by atoms with Gasteiger partial charge in [-0.05, 0) is 24.3 Å². The molecule has 9 heteroatoms. The van der Waals surface area contributed by atoms with E-state index in [-0.39, 0.29) is 5.82 Å². The summed E-state index contributed by atoms with van der Waals surface area (Å²) in [5.41, 5.74) is 1.10. The average molecular weight is 386 g/mol. The zero-order valence-electron chi connectivity index (χ0n) is 14.8. The highest BCUT2D eigenvalue weighted by molar-refractivity contribution is 7.19. The molecule has 2 heterocycles.